The van der Waals surface area contributed by atoms with E-state index in [0.29, 0.717) is 27.3 Å². The molecule has 0 aliphatic rings. The van der Waals surface area contributed by atoms with E-state index in [9.17, 15) is 9.59 Å². The Balaban J connectivity index is 1.90. The lowest BCUT2D eigenvalue weighted by atomic mass is 10.2. The Labute approximate surface area is 173 Å². The van der Waals surface area contributed by atoms with Gasteiger partial charge in [0.1, 0.15) is 0 Å². The zero-order chi connectivity index (χ0) is 19.7. The lowest BCUT2D eigenvalue weighted by Crippen LogP contribution is -2.35. The van der Waals surface area contributed by atoms with E-state index in [4.69, 9.17) is 11.6 Å². The summed E-state index contributed by atoms with van der Waals surface area (Å²) >= 11 is 9.52. The van der Waals surface area contributed by atoms with E-state index in [2.05, 4.69) is 26.3 Å². The molecule has 0 bridgehead atoms. The van der Waals surface area contributed by atoms with Crippen molar-refractivity contribution in [1.29, 1.82) is 0 Å². The summed E-state index contributed by atoms with van der Waals surface area (Å²) in [7, 11) is 0. The highest BCUT2D eigenvalue weighted by Crippen LogP contribution is 2.21. The third-order valence-corrected chi connectivity index (χ3v) is 5.07. The Kier molecular flexibility index (Phi) is 4.98. The number of hydrogen-bond donors (Lipinski definition) is 1. The van der Waals surface area contributed by atoms with Gasteiger partial charge in [0.15, 0.2) is 5.82 Å². The smallest absolute Gasteiger partial charge is 0.267 e. The largest absolute Gasteiger partial charge is 0.280 e. The quantitative estimate of drug-likeness (QED) is 0.481. The average molecular weight is 455 g/mol. The number of fused-ring (bicyclic) bond motifs is 1. The molecule has 1 heterocycles. The Morgan fingerprint density at radius 2 is 1.64 bits per heavy atom. The standard InChI is InChI=1S/C21H13BrClN3O2/c22-14-11-9-13(10-12-14)19-24-18-8-4-2-6-16(18)21(28)26(19)25-20(27)15-5-1-3-7-17(15)23/h1-12H,(H,25,27). The maximum absolute atomic E-state index is 13.1. The maximum Gasteiger partial charge on any atom is 0.280 e. The summed E-state index contributed by atoms with van der Waals surface area (Å²) in [6.07, 6.45) is 0. The first-order valence-corrected chi connectivity index (χ1v) is 9.55. The van der Waals surface area contributed by atoms with Crippen LogP contribution in [-0.4, -0.2) is 15.6 Å². The van der Waals surface area contributed by atoms with E-state index in [0.717, 1.165) is 9.15 Å². The van der Waals surface area contributed by atoms with E-state index < -0.39 is 5.91 Å². The number of benzene rings is 3. The molecule has 0 unspecified atom stereocenters. The molecule has 1 N–H and O–H groups in total. The van der Waals surface area contributed by atoms with Crippen LogP contribution in [0, 0.1) is 0 Å². The third kappa shape index (κ3) is 3.44. The van der Waals surface area contributed by atoms with Gasteiger partial charge in [-0.3, -0.25) is 15.0 Å². The van der Waals surface area contributed by atoms with E-state index in [-0.39, 0.29) is 11.1 Å². The number of carbonyl (C=O) groups excluding carboxylic acids is 1. The van der Waals surface area contributed by atoms with Crippen LogP contribution >= 0.6 is 27.5 Å². The molecule has 7 heteroatoms. The zero-order valence-corrected chi connectivity index (χ0v) is 16.7. The van der Waals surface area contributed by atoms with Crippen molar-refractivity contribution in [2.24, 2.45) is 0 Å². The molecule has 0 radical (unpaired) electrons. The first-order valence-electron chi connectivity index (χ1n) is 8.38. The normalized spacial score (nSPS) is 10.8. The fourth-order valence-electron chi connectivity index (χ4n) is 2.84. The van der Waals surface area contributed by atoms with E-state index in [1.807, 2.05) is 30.3 Å². The molecule has 4 aromatic rings. The molecule has 138 valence electrons. The van der Waals surface area contributed by atoms with Gasteiger partial charge in [-0.1, -0.05) is 63.9 Å². The van der Waals surface area contributed by atoms with Crippen LogP contribution in [0.2, 0.25) is 5.02 Å². The van der Waals surface area contributed by atoms with Crippen LogP contribution in [-0.2, 0) is 0 Å². The highest BCUT2D eigenvalue weighted by atomic mass is 79.9. The van der Waals surface area contributed by atoms with Crippen LogP contribution in [0.4, 0.5) is 0 Å². The lowest BCUT2D eigenvalue weighted by Gasteiger charge is -2.15. The number of nitrogens with zero attached hydrogens (tertiary/aromatic N) is 2. The van der Waals surface area contributed by atoms with Gasteiger partial charge in [0.25, 0.3) is 11.5 Å². The summed E-state index contributed by atoms with van der Waals surface area (Å²) in [6.45, 7) is 0. The van der Waals surface area contributed by atoms with Gasteiger partial charge >= 0.3 is 0 Å². The SMILES string of the molecule is O=C(Nn1c(-c2ccc(Br)cc2)nc2ccccc2c1=O)c1ccccc1Cl. The minimum atomic E-state index is -0.497. The summed E-state index contributed by atoms with van der Waals surface area (Å²) in [5, 5.41) is 0.704. The summed E-state index contributed by atoms with van der Waals surface area (Å²) in [5.41, 5.74) is 3.78. The molecule has 1 amide bonds. The number of halogens is 2. The van der Waals surface area contributed by atoms with Crippen molar-refractivity contribution < 1.29 is 4.79 Å². The van der Waals surface area contributed by atoms with Crippen LogP contribution in [0.5, 0.6) is 0 Å². The number of nitrogens with one attached hydrogen (secondary N) is 1. The summed E-state index contributed by atoms with van der Waals surface area (Å²) in [6, 6.07) is 21.0. The van der Waals surface area contributed by atoms with Gasteiger partial charge in [0, 0.05) is 10.0 Å². The number of aromatic nitrogens is 2. The van der Waals surface area contributed by atoms with Crippen molar-refractivity contribution in [3.63, 3.8) is 0 Å². The molecule has 3 aromatic carbocycles. The van der Waals surface area contributed by atoms with Gasteiger partial charge in [0.2, 0.25) is 0 Å². The fourth-order valence-corrected chi connectivity index (χ4v) is 3.32. The number of amides is 1. The molecule has 0 saturated heterocycles. The monoisotopic (exact) mass is 453 g/mol. The Morgan fingerprint density at radius 3 is 2.39 bits per heavy atom. The van der Waals surface area contributed by atoms with Crippen molar-refractivity contribution in [1.82, 2.24) is 9.66 Å². The molecular weight excluding hydrogens is 442 g/mol. The van der Waals surface area contributed by atoms with E-state index >= 15 is 0 Å². The van der Waals surface area contributed by atoms with Crippen molar-refractivity contribution >= 4 is 44.3 Å². The second-order valence-corrected chi connectivity index (χ2v) is 7.34. The molecule has 0 aliphatic heterocycles. The second-order valence-electron chi connectivity index (χ2n) is 6.02. The molecule has 1 aromatic heterocycles. The van der Waals surface area contributed by atoms with Crippen molar-refractivity contribution in [3.05, 3.63) is 98.2 Å². The van der Waals surface area contributed by atoms with Gasteiger partial charge in [0.05, 0.1) is 21.5 Å². The summed E-state index contributed by atoms with van der Waals surface area (Å²) in [4.78, 5) is 30.5. The van der Waals surface area contributed by atoms with E-state index in [1.165, 1.54) is 0 Å². The zero-order valence-electron chi connectivity index (χ0n) is 14.4. The first kappa shape index (κ1) is 18.4. The molecule has 0 aliphatic carbocycles. The van der Waals surface area contributed by atoms with Crippen LogP contribution in [0.25, 0.3) is 22.3 Å². The van der Waals surface area contributed by atoms with Gasteiger partial charge < -0.3 is 0 Å². The predicted octanol–water partition coefficient (Wildman–Crippen LogP) is 4.86. The second kappa shape index (κ2) is 7.58. The van der Waals surface area contributed by atoms with Crippen LogP contribution < -0.4 is 11.0 Å². The Bertz CT molecular complexity index is 1250. The predicted molar refractivity (Wildman–Crippen MR) is 114 cm³/mol. The topological polar surface area (TPSA) is 64.0 Å². The Hall–Kier alpha value is -2.96. The van der Waals surface area contributed by atoms with E-state index in [1.54, 1.807) is 42.5 Å². The lowest BCUT2D eigenvalue weighted by molar-refractivity contribution is 0.101. The fraction of sp³-hybridized carbons (Fsp3) is 0. The maximum atomic E-state index is 13.1. The molecule has 4 rings (SSSR count). The van der Waals surface area contributed by atoms with Crippen molar-refractivity contribution in [2.45, 2.75) is 0 Å². The Morgan fingerprint density at radius 1 is 0.964 bits per heavy atom. The van der Waals surface area contributed by atoms with Crippen molar-refractivity contribution in [3.8, 4) is 11.4 Å². The number of rotatable bonds is 3. The number of hydrogen-bond acceptors (Lipinski definition) is 3. The average Bonchev–Trinajstić information content (AvgIpc) is 2.71. The van der Waals surface area contributed by atoms with Crippen molar-refractivity contribution in [2.75, 3.05) is 5.43 Å². The molecule has 0 atom stereocenters. The van der Waals surface area contributed by atoms with Gasteiger partial charge in [-0.2, -0.15) is 4.68 Å². The number of carbonyl (C=O) groups is 1. The molecule has 0 saturated carbocycles. The minimum Gasteiger partial charge on any atom is -0.267 e. The van der Waals surface area contributed by atoms with Crippen LogP contribution in [0.15, 0.2) is 82.1 Å². The molecule has 28 heavy (non-hydrogen) atoms. The molecular formula is C21H13BrClN3O2. The van der Waals surface area contributed by atoms with Gasteiger partial charge in [-0.15, -0.1) is 0 Å². The van der Waals surface area contributed by atoms with Crippen LogP contribution in [0.3, 0.4) is 0 Å². The van der Waals surface area contributed by atoms with Gasteiger partial charge in [-0.05, 0) is 36.4 Å². The first-order chi connectivity index (χ1) is 13.5. The van der Waals surface area contributed by atoms with Gasteiger partial charge in [-0.25, -0.2) is 4.98 Å². The highest BCUT2D eigenvalue weighted by molar-refractivity contribution is 9.10. The third-order valence-electron chi connectivity index (χ3n) is 4.21. The molecule has 0 spiro atoms. The number of para-hydroxylation sites is 1. The summed E-state index contributed by atoms with van der Waals surface area (Å²) in [5.74, 6) is -0.167. The molecule has 5 nitrogen and oxygen atoms in total. The summed E-state index contributed by atoms with van der Waals surface area (Å²) < 4.78 is 2.06. The minimum absolute atomic E-state index is 0.269. The highest BCUT2D eigenvalue weighted by Gasteiger charge is 2.17. The molecule has 0 fully saturated rings. The van der Waals surface area contributed by atoms with Crippen LogP contribution in [0.1, 0.15) is 10.4 Å².